The minimum Gasteiger partial charge on any atom is -0.469 e. The van der Waals surface area contributed by atoms with Crippen molar-refractivity contribution >= 4 is 11.9 Å². The van der Waals surface area contributed by atoms with Gasteiger partial charge >= 0.3 is 11.9 Å². The van der Waals surface area contributed by atoms with E-state index in [1.807, 2.05) is 0 Å². The molecule has 2 fully saturated rings. The molecule has 6 heteroatoms. The predicted molar refractivity (Wildman–Crippen MR) is 137 cm³/mol. The second-order valence-electron chi connectivity index (χ2n) is 11.2. The van der Waals surface area contributed by atoms with E-state index in [9.17, 15) is 9.59 Å². The standard InChI is InChI=1S/C28H52N2O4/c1-7-23(27(31)33-5)17-21(3)19-29-13-9-25(10-14-29)26-11-15-30(16-12-26)20-22(4)18-24(8-2)28(32)34-6/h21-26H,7-20H2,1-6H3. The first kappa shape index (κ1) is 29.1. The van der Waals surface area contributed by atoms with Crippen LogP contribution in [0.4, 0.5) is 0 Å². The van der Waals surface area contributed by atoms with E-state index >= 15 is 0 Å². The molecule has 0 spiro atoms. The van der Waals surface area contributed by atoms with Crippen molar-refractivity contribution < 1.29 is 19.1 Å². The highest BCUT2D eigenvalue weighted by Crippen LogP contribution is 2.33. The quantitative estimate of drug-likeness (QED) is 0.351. The fourth-order valence-electron chi connectivity index (χ4n) is 6.41. The maximum Gasteiger partial charge on any atom is 0.308 e. The zero-order valence-electron chi connectivity index (χ0n) is 22.9. The van der Waals surface area contributed by atoms with Gasteiger partial charge in [0.2, 0.25) is 0 Å². The SMILES string of the molecule is CCC(CC(C)CN1CCC(C2CCN(CC(C)CC(CC)C(=O)OC)CC2)CC1)C(=O)OC. The molecule has 2 heterocycles. The van der Waals surface area contributed by atoms with E-state index in [1.165, 1.54) is 66.1 Å². The Kier molecular flexibility index (Phi) is 12.9. The third kappa shape index (κ3) is 9.14. The molecule has 2 aliphatic heterocycles. The van der Waals surface area contributed by atoms with Crippen molar-refractivity contribution in [1.82, 2.24) is 9.80 Å². The minimum atomic E-state index is -0.0533. The molecule has 0 N–H and O–H groups in total. The van der Waals surface area contributed by atoms with Gasteiger partial charge in [0.25, 0.3) is 0 Å². The maximum atomic E-state index is 11.9. The van der Waals surface area contributed by atoms with Crippen molar-refractivity contribution in [2.75, 3.05) is 53.5 Å². The molecule has 198 valence electrons. The number of ether oxygens (including phenoxy) is 2. The molecule has 4 atom stereocenters. The third-order valence-corrected chi connectivity index (χ3v) is 8.50. The maximum absolute atomic E-state index is 11.9. The Labute approximate surface area is 209 Å². The molecule has 0 bridgehead atoms. The van der Waals surface area contributed by atoms with Crippen LogP contribution in [0.5, 0.6) is 0 Å². The zero-order chi connectivity index (χ0) is 25.1. The summed E-state index contributed by atoms with van der Waals surface area (Å²) in [4.78, 5) is 29.1. The highest BCUT2D eigenvalue weighted by Gasteiger charge is 2.31. The molecule has 0 aliphatic carbocycles. The van der Waals surface area contributed by atoms with Crippen LogP contribution in [-0.4, -0.2) is 75.2 Å². The highest BCUT2D eigenvalue weighted by molar-refractivity contribution is 5.72. The summed E-state index contributed by atoms with van der Waals surface area (Å²) in [6.45, 7) is 15.7. The van der Waals surface area contributed by atoms with E-state index < -0.39 is 0 Å². The molecule has 34 heavy (non-hydrogen) atoms. The van der Waals surface area contributed by atoms with Gasteiger partial charge in [-0.05, 0) is 101 Å². The van der Waals surface area contributed by atoms with Crippen LogP contribution >= 0.6 is 0 Å². The van der Waals surface area contributed by atoms with Gasteiger partial charge < -0.3 is 19.3 Å². The van der Waals surface area contributed by atoms with E-state index in [4.69, 9.17) is 9.47 Å². The van der Waals surface area contributed by atoms with Crippen LogP contribution in [0.15, 0.2) is 0 Å². The predicted octanol–water partition coefficient (Wildman–Crippen LogP) is 4.86. The summed E-state index contributed by atoms with van der Waals surface area (Å²) in [7, 11) is 3.00. The van der Waals surface area contributed by atoms with Gasteiger partial charge in [0, 0.05) is 13.1 Å². The number of nitrogens with zero attached hydrogens (tertiary/aromatic N) is 2. The molecule has 0 saturated carbocycles. The molecule has 0 aromatic carbocycles. The summed E-state index contributed by atoms with van der Waals surface area (Å²) in [5, 5.41) is 0. The fourth-order valence-corrected chi connectivity index (χ4v) is 6.41. The Bertz CT molecular complexity index is 545. The largest absolute Gasteiger partial charge is 0.469 e. The van der Waals surface area contributed by atoms with Crippen molar-refractivity contribution in [3.63, 3.8) is 0 Å². The molecule has 0 aromatic heterocycles. The lowest BCUT2D eigenvalue weighted by atomic mass is 9.78. The molecule has 6 nitrogen and oxygen atoms in total. The van der Waals surface area contributed by atoms with Crippen molar-refractivity contribution in [3.05, 3.63) is 0 Å². The topological polar surface area (TPSA) is 59.1 Å². The number of hydrogen-bond donors (Lipinski definition) is 0. The summed E-state index contributed by atoms with van der Waals surface area (Å²) < 4.78 is 9.93. The van der Waals surface area contributed by atoms with E-state index in [1.54, 1.807) is 0 Å². The highest BCUT2D eigenvalue weighted by atomic mass is 16.5. The van der Waals surface area contributed by atoms with Crippen LogP contribution in [0.3, 0.4) is 0 Å². The molecule has 0 radical (unpaired) electrons. The average Bonchev–Trinajstić information content (AvgIpc) is 2.85. The number of carbonyl (C=O) groups excluding carboxylic acids is 2. The van der Waals surface area contributed by atoms with Crippen LogP contribution in [0.25, 0.3) is 0 Å². The number of methoxy groups -OCH3 is 2. The summed E-state index contributed by atoms with van der Waals surface area (Å²) in [6.07, 6.45) is 8.86. The first-order valence-corrected chi connectivity index (χ1v) is 13.9. The number of likely N-dealkylation sites (tertiary alicyclic amines) is 2. The van der Waals surface area contributed by atoms with Gasteiger partial charge in [-0.2, -0.15) is 0 Å². The van der Waals surface area contributed by atoms with Crippen LogP contribution in [0, 0.1) is 35.5 Å². The van der Waals surface area contributed by atoms with Gasteiger partial charge in [0.1, 0.15) is 0 Å². The first-order valence-electron chi connectivity index (χ1n) is 13.9. The lowest BCUT2D eigenvalue weighted by molar-refractivity contribution is -0.147. The number of esters is 2. The van der Waals surface area contributed by atoms with Gasteiger partial charge in [-0.3, -0.25) is 9.59 Å². The van der Waals surface area contributed by atoms with Gasteiger partial charge in [-0.25, -0.2) is 0 Å². The van der Waals surface area contributed by atoms with Crippen molar-refractivity contribution in [2.24, 2.45) is 35.5 Å². The van der Waals surface area contributed by atoms with Crippen LogP contribution < -0.4 is 0 Å². The Morgan fingerprint density at radius 1 is 0.706 bits per heavy atom. The fraction of sp³-hybridized carbons (Fsp3) is 0.929. The van der Waals surface area contributed by atoms with Crippen LogP contribution in [0.1, 0.15) is 79.1 Å². The van der Waals surface area contributed by atoms with Crippen LogP contribution in [0.2, 0.25) is 0 Å². The Balaban J connectivity index is 1.67. The van der Waals surface area contributed by atoms with Crippen molar-refractivity contribution in [3.8, 4) is 0 Å². The molecule has 0 aromatic rings. The van der Waals surface area contributed by atoms with E-state index in [2.05, 4.69) is 37.5 Å². The molecule has 2 saturated heterocycles. The second kappa shape index (κ2) is 15.1. The van der Waals surface area contributed by atoms with Gasteiger partial charge in [0.15, 0.2) is 0 Å². The lowest BCUT2D eigenvalue weighted by Crippen LogP contribution is -2.43. The summed E-state index contributed by atoms with van der Waals surface area (Å²) in [6, 6.07) is 0. The van der Waals surface area contributed by atoms with Gasteiger partial charge in [-0.15, -0.1) is 0 Å². The first-order chi connectivity index (χ1) is 16.3. The smallest absolute Gasteiger partial charge is 0.308 e. The zero-order valence-corrected chi connectivity index (χ0v) is 22.9. The normalized spacial score (nSPS) is 22.6. The average molecular weight is 481 g/mol. The molecule has 0 amide bonds. The summed E-state index contributed by atoms with van der Waals surface area (Å²) in [5.41, 5.74) is 0. The van der Waals surface area contributed by atoms with Crippen molar-refractivity contribution in [2.45, 2.75) is 79.1 Å². The number of rotatable bonds is 13. The number of piperidine rings is 2. The summed E-state index contributed by atoms with van der Waals surface area (Å²) in [5.74, 6) is 2.76. The number of hydrogen-bond acceptors (Lipinski definition) is 6. The molecule has 2 aliphatic rings. The van der Waals surface area contributed by atoms with E-state index in [0.29, 0.717) is 11.8 Å². The van der Waals surface area contributed by atoms with E-state index in [0.717, 1.165) is 50.6 Å². The summed E-state index contributed by atoms with van der Waals surface area (Å²) >= 11 is 0. The Hall–Kier alpha value is -1.14. The van der Waals surface area contributed by atoms with Crippen molar-refractivity contribution in [1.29, 1.82) is 0 Å². The molecule has 4 unspecified atom stereocenters. The monoisotopic (exact) mass is 480 g/mol. The Morgan fingerprint density at radius 3 is 1.29 bits per heavy atom. The van der Waals surface area contributed by atoms with E-state index in [-0.39, 0.29) is 23.8 Å². The second-order valence-corrected chi connectivity index (χ2v) is 11.2. The Morgan fingerprint density at radius 2 is 1.03 bits per heavy atom. The van der Waals surface area contributed by atoms with Gasteiger partial charge in [-0.1, -0.05) is 27.7 Å². The third-order valence-electron chi connectivity index (χ3n) is 8.50. The van der Waals surface area contributed by atoms with Gasteiger partial charge in [0.05, 0.1) is 26.1 Å². The molecular formula is C28H52N2O4. The number of carbonyl (C=O) groups is 2. The molecular weight excluding hydrogens is 428 g/mol. The van der Waals surface area contributed by atoms with Crippen LogP contribution in [-0.2, 0) is 19.1 Å². The molecule has 2 rings (SSSR count). The minimum absolute atomic E-state index is 0.0405. The lowest BCUT2D eigenvalue weighted by Gasteiger charge is -2.41.